The van der Waals surface area contributed by atoms with E-state index < -0.39 is 0 Å². The lowest BCUT2D eigenvalue weighted by molar-refractivity contribution is 0.0675. The highest BCUT2D eigenvalue weighted by atomic mass is 19.1. The number of amides is 1. The van der Waals surface area contributed by atoms with Crippen molar-refractivity contribution in [3.63, 3.8) is 0 Å². The minimum Gasteiger partial charge on any atom is -0.338 e. The highest BCUT2D eigenvalue weighted by molar-refractivity contribution is 5.94. The van der Waals surface area contributed by atoms with Crippen molar-refractivity contribution in [3.05, 3.63) is 65.2 Å². The van der Waals surface area contributed by atoms with Gasteiger partial charge in [0.2, 0.25) is 0 Å². The molecule has 1 unspecified atom stereocenters. The maximum absolute atomic E-state index is 13.1. The molecule has 0 N–H and O–H groups in total. The molecule has 1 spiro atoms. The number of benzene rings is 1. The van der Waals surface area contributed by atoms with Crippen LogP contribution in [0.2, 0.25) is 0 Å². The van der Waals surface area contributed by atoms with Crippen LogP contribution in [0.5, 0.6) is 0 Å². The van der Waals surface area contributed by atoms with Gasteiger partial charge in [0.05, 0.1) is 5.56 Å². The molecule has 2 aliphatic heterocycles. The van der Waals surface area contributed by atoms with Gasteiger partial charge in [0, 0.05) is 43.5 Å². The molecule has 2 aliphatic rings. The van der Waals surface area contributed by atoms with Crippen molar-refractivity contribution in [1.29, 1.82) is 0 Å². The summed E-state index contributed by atoms with van der Waals surface area (Å²) in [6, 6.07) is 10.6. The molecule has 1 amide bonds. The quantitative estimate of drug-likeness (QED) is 0.831. The summed E-state index contributed by atoms with van der Waals surface area (Å²) in [5, 5.41) is 0. The van der Waals surface area contributed by atoms with E-state index in [1.54, 1.807) is 6.20 Å². The molecule has 1 aromatic heterocycles. The minimum atomic E-state index is -0.190. The number of hydrogen-bond acceptors (Lipinski definition) is 3. The molecule has 1 aromatic carbocycles. The number of carbonyl (C=O) groups excluding carboxylic acids is 1. The number of nitrogens with zero attached hydrogens (tertiary/aromatic N) is 3. The van der Waals surface area contributed by atoms with Gasteiger partial charge in [-0.15, -0.1) is 0 Å². The number of aromatic nitrogens is 1. The van der Waals surface area contributed by atoms with E-state index in [0.717, 1.165) is 56.8 Å². The summed E-state index contributed by atoms with van der Waals surface area (Å²) >= 11 is 0. The third kappa shape index (κ3) is 4.03. The molecule has 27 heavy (non-hydrogen) atoms. The van der Waals surface area contributed by atoms with Gasteiger partial charge in [-0.25, -0.2) is 4.39 Å². The molecule has 2 aromatic rings. The second-order valence-corrected chi connectivity index (χ2v) is 8.11. The molecule has 2 saturated heterocycles. The number of likely N-dealkylation sites (tertiary alicyclic amines) is 2. The van der Waals surface area contributed by atoms with E-state index in [2.05, 4.69) is 9.88 Å². The van der Waals surface area contributed by atoms with Crippen molar-refractivity contribution in [2.75, 3.05) is 26.2 Å². The molecule has 0 saturated carbocycles. The van der Waals surface area contributed by atoms with Crippen molar-refractivity contribution >= 4 is 5.91 Å². The van der Waals surface area contributed by atoms with Gasteiger partial charge < -0.3 is 4.90 Å². The lowest BCUT2D eigenvalue weighted by atomic mass is 9.79. The van der Waals surface area contributed by atoms with E-state index in [4.69, 9.17) is 0 Å². The van der Waals surface area contributed by atoms with Crippen LogP contribution in [-0.2, 0) is 6.54 Å². The molecule has 142 valence electrons. The monoisotopic (exact) mass is 367 g/mol. The Bertz CT molecular complexity index is 805. The van der Waals surface area contributed by atoms with Crippen molar-refractivity contribution in [1.82, 2.24) is 14.8 Å². The van der Waals surface area contributed by atoms with Crippen molar-refractivity contribution in [2.24, 2.45) is 5.41 Å². The summed E-state index contributed by atoms with van der Waals surface area (Å²) < 4.78 is 13.1. The molecule has 0 radical (unpaired) electrons. The fourth-order valence-electron chi connectivity index (χ4n) is 4.51. The van der Waals surface area contributed by atoms with Crippen LogP contribution in [0.3, 0.4) is 0 Å². The zero-order valence-corrected chi connectivity index (χ0v) is 15.8. The third-order valence-corrected chi connectivity index (χ3v) is 5.94. The summed E-state index contributed by atoms with van der Waals surface area (Å²) in [4.78, 5) is 21.5. The van der Waals surface area contributed by atoms with E-state index in [9.17, 15) is 9.18 Å². The summed E-state index contributed by atoms with van der Waals surface area (Å²) in [6.07, 6.45) is 5.06. The summed E-state index contributed by atoms with van der Waals surface area (Å²) in [5.41, 5.74) is 2.93. The first-order chi connectivity index (χ1) is 13.0. The number of halogens is 1. The Balaban J connectivity index is 1.40. The summed E-state index contributed by atoms with van der Waals surface area (Å²) in [5.74, 6) is -0.0977. The molecule has 0 aliphatic carbocycles. The molecular weight excluding hydrogens is 341 g/mol. The predicted molar refractivity (Wildman–Crippen MR) is 103 cm³/mol. The number of pyridine rings is 1. The van der Waals surface area contributed by atoms with Gasteiger partial charge >= 0.3 is 0 Å². The van der Waals surface area contributed by atoms with Crippen LogP contribution in [0.25, 0.3) is 0 Å². The van der Waals surface area contributed by atoms with E-state index in [-0.39, 0.29) is 17.1 Å². The second-order valence-electron chi connectivity index (χ2n) is 8.11. The zero-order valence-electron chi connectivity index (χ0n) is 15.8. The Hall–Kier alpha value is -2.27. The number of piperidine rings is 1. The second kappa shape index (κ2) is 7.39. The van der Waals surface area contributed by atoms with Gasteiger partial charge in [-0.2, -0.15) is 0 Å². The highest BCUT2D eigenvalue weighted by Crippen LogP contribution is 2.39. The maximum atomic E-state index is 13.1. The minimum absolute atomic E-state index is 0.0926. The van der Waals surface area contributed by atoms with Gasteiger partial charge in [-0.1, -0.05) is 12.1 Å². The average molecular weight is 367 g/mol. The van der Waals surface area contributed by atoms with Crippen LogP contribution in [0.4, 0.5) is 4.39 Å². The van der Waals surface area contributed by atoms with Gasteiger partial charge in [0.15, 0.2) is 0 Å². The lowest BCUT2D eigenvalue weighted by Gasteiger charge is -2.40. The van der Waals surface area contributed by atoms with Crippen molar-refractivity contribution in [3.8, 4) is 0 Å². The average Bonchev–Trinajstić information content (AvgIpc) is 3.07. The molecule has 2 fully saturated rings. The standard InChI is InChI=1S/C22H26FN3O/c1-17-3-6-19(13-24-17)21(27)26-12-10-22(16-26)9-2-11-25(15-22)14-18-4-7-20(23)8-5-18/h3-8,13H,2,9-12,14-16H2,1H3. The van der Waals surface area contributed by atoms with Gasteiger partial charge in [0.1, 0.15) is 5.82 Å². The SMILES string of the molecule is Cc1ccc(C(=O)N2CCC3(CCCN(Cc4ccc(F)cc4)C3)C2)cn1. The molecule has 4 nitrogen and oxygen atoms in total. The predicted octanol–water partition coefficient (Wildman–Crippen LogP) is 3.66. The van der Waals surface area contributed by atoms with Crippen LogP contribution >= 0.6 is 0 Å². The Labute approximate surface area is 160 Å². The number of rotatable bonds is 3. The number of aryl methyl sites for hydroxylation is 1. The summed E-state index contributed by atoms with van der Waals surface area (Å²) in [6.45, 7) is 6.47. The van der Waals surface area contributed by atoms with E-state index in [1.807, 2.05) is 36.1 Å². The van der Waals surface area contributed by atoms with Gasteiger partial charge in [0.25, 0.3) is 5.91 Å². The fraction of sp³-hybridized carbons (Fsp3) is 0.455. The highest BCUT2D eigenvalue weighted by Gasteiger charge is 2.42. The topological polar surface area (TPSA) is 36.4 Å². The molecule has 4 rings (SSSR count). The van der Waals surface area contributed by atoms with Crippen molar-refractivity contribution < 1.29 is 9.18 Å². The van der Waals surface area contributed by atoms with Crippen LogP contribution in [0, 0.1) is 18.2 Å². The molecule has 0 bridgehead atoms. The van der Waals surface area contributed by atoms with Crippen molar-refractivity contribution in [2.45, 2.75) is 32.7 Å². The van der Waals surface area contributed by atoms with Gasteiger partial charge in [-0.05, 0) is 62.6 Å². The maximum Gasteiger partial charge on any atom is 0.255 e. The largest absolute Gasteiger partial charge is 0.338 e. The Morgan fingerprint density at radius 1 is 1.11 bits per heavy atom. The number of carbonyl (C=O) groups is 1. The fourth-order valence-corrected chi connectivity index (χ4v) is 4.51. The molecule has 1 atom stereocenters. The van der Waals surface area contributed by atoms with Crippen LogP contribution < -0.4 is 0 Å². The Morgan fingerprint density at radius 2 is 1.93 bits per heavy atom. The van der Waals surface area contributed by atoms with E-state index in [1.165, 1.54) is 18.6 Å². The zero-order chi connectivity index (χ0) is 18.9. The molecule has 5 heteroatoms. The van der Waals surface area contributed by atoms with Crippen LogP contribution in [-0.4, -0.2) is 46.9 Å². The van der Waals surface area contributed by atoms with Crippen LogP contribution in [0.15, 0.2) is 42.6 Å². The lowest BCUT2D eigenvalue weighted by Crippen LogP contribution is -2.45. The molecular formula is C22H26FN3O. The first kappa shape index (κ1) is 18.1. The van der Waals surface area contributed by atoms with Crippen LogP contribution in [0.1, 0.15) is 40.9 Å². The third-order valence-electron chi connectivity index (χ3n) is 5.94. The normalized spacial score (nSPS) is 23.1. The smallest absolute Gasteiger partial charge is 0.255 e. The first-order valence-corrected chi connectivity index (χ1v) is 9.72. The van der Waals surface area contributed by atoms with Gasteiger partial charge in [-0.3, -0.25) is 14.7 Å². The summed E-state index contributed by atoms with van der Waals surface area (Å²) in [7, 11) is 0. The molecule has 3 heterocycles. The Kier molecular flexibility index (Phi) is 4.96. The number of hydrogen-bond donors (Lipinski definition) is 0. The Morgan fingerprint density at radius 3 is 2.67 bits per heavy atom. The first-order valence-electron chi connectivity index (χ1n) is 9.72. The van der Waals surface area contributed by atoms with E-state index in [0.29, 0.717) is 5.56 Å². The van der Waals surface area contributed by atoms with E-state index >= 15 is 0 Å².